The minimum absolute atomic E-state index is 0.0799. The molecule has 0 atom stereocenters. The number of carbonyl (C=O) groups is 1. The second-order valence-corrected chi connectivity index (χ2v) is 5.66. The number of amides is 1. The van der Waals surface area contributed by atoms with Crippen molar-refractivity contribution in [2.45, 2.75) is 38.6 Å². The summed E-state index contributed by atoms with van der Waals surface area (Å²) in [6.45, 7) is 1.91. The van der Waals surface area contributed by atoms with Crippen LogP contribution in [0, 0.1) is 18.3 Å². The lowest BCUT2D eigenvalue weighted by Gasteiger charge is -2.11. The highest BCUT2D eigenvalue weighted by molar-refractivity contribution is 6.30. The Hall–Kier alpha value is -1.99. The van der Waals surface area contributed by atoms with Crippen molar-refractivity contribution in [1.82, 2.24) is 5.32 Å². The number of anilines is 1. The molecule has 110 valence electrons. The molecule has 0 bridgehead atoms. The van der Waals surface area contributed by atoms with Gasteiger partial charge in [-0.3, -0.25) is 4.79 Å². The second-order valence-electron chi connectivity index (χ2n) is 5.23. The molecule has 0 spiro atoms. The maximum absolute atomic E-state index is 12.0. The minimum Gasteiger partial charge on any atom is -0.360 e. The Labute approximate surface area is 129 Å². The summed E-state index contributed by atoms with van der Waals surface area (Å²) >= 11 is 5.89. The van der Waals surface area contributed by atoms with Gasteiger partial charge >= 0.3 is 0 Å². The Balaban J connectivity index is 2.02. The lowest BCUT2D eigenvalue weighted by atomic mass is 10.2. The van der Waals surface area contributed by atoms with Crippen LogP contribution in [0.3, 0.4) is 0 Å². The van der Waals surface area contributed by atoms with E-state index < -0.39 is 0 Å². The molecule has 1 amide bonds. The zero-order valence-electron chi connectivity index (χ0n) is 11.9. The molecule has 5 heteroatoms. The van der Waals surface area contributed by atoms with Gasteiger partial charge in [0, 0.05) is 23.0 Å². The van der Waals surface area contributed by atoms with Crippen LogP contribution in [0.15, 0.2) is 30.0 Å². The molecule has 1 saturated carbocycles. The molecule has 4 nitrogen and oxygen atoms in total. The number of nitrogens with zero attached hydrogens (tertiary/aromatic N) is 1. The van der Waals surface area contributed by atoms with Crippen LogP contribution in [-0.2, 0) is 4.79 Å². The maximum Gasteiger partial charge on any atom is 0.263 e. The van der Waals surface area contributed by atoms with E-state index in [-0.39, 0.29) is 17.5 Å². The van der Waals surface area contributed by atoms with Gasteiger partial charge in [0.05, 0.1) is 0 Å². The predicted molar refractivity (Wildman–Crippen MR) is 83.9 cm³/mol. The topological polar surface area (TPSA) is 64.9 Å². The molecule has 0 unspecified atom stereocenters. The molecule has 1 aromatic carbocycles. The predicted octanol–water partition coefficient (Wildman–Crippen LogP) is 3.53. The molecule has 1 aliphatic rings. The molecule has 1 aliphatic carbocycles. The monoisotopic (exact) mass is 303 g/mol. The summed E-state index contributed by atoms with van der Waals surface area (Å²) in [6.07, 6.45) is 5.71. The van der Waals surface area contributed by atoms with Crippen molar-refractivity contribution in [2.75, 3.05) is 5.32 Å². The van der Waals surface area contributed by atoms with E-state index in [0.717, 1.165) is 36.9 Å². The third kappa shape index (κ3) is 4.24. The van der Waals surface area contributed by atoms with Crippen molar-refractivity contribution >= 4 is 23.2 Å². The molecular weight excluding hydrogens is 286 g/mol. The molecular formula is C16H18ClN3O. The number of nitrogens with one attached hydrogen (secondary N) is 2. The normalized spacial score (nSPS) is 15.6. The Morgan fingerprint density at radius 3 is 2.76 bits per heavy atom. The van der Waals surface area contributed by atoms with Crippen molar-refractivity contribution in [3.8, 4) is 6.07 Å². The minimum atomic E-state index is -0.316. The highest BCUT2D eigenvalue weighted by Crippen LogP contribution is 2.20. The van der Waals surface area contributed by atoms with Crippen LogP contribution in [0.4, 0.5) is 5.69 Å². The largest absolute Gasteiger partial charge is 0.360 e. The molecule has 1 aromatic rings. The number of nitriles is 1. The number of aryl methyl sites for hydroxylation is 1. The molecule has 0 heterocycles. The van der Waals surface area contributed by atoms with Gasteiger partial charge in [0.1, 0.15) is 11.6 Å². The number of carbonyl (C=O) groups excluding carboxylic acids is 1. The first kappa shape index (κ1) is 15.4. The van der Waals surface area contributed by atoms with Crippen molar-refractivity contribution in [1.29, 1.82) is 5.26 Å². The third-order valence-corrected chi connectivity index (χ3v) is 3.85. The van der Waals surface area contributed by atoms with E-state index >= 15 is 0 Å². The first-order chi connectivity index (χ1) is 10.1. The quantitative estimate of drug-likeness (QED) is 0.660. The summed E-state index contributed by atoms with van der Waals surface area (Å²) < 4.78 is 0. The van der Waals surface area contributed by atoms with Crippen LogP contribution < -0.4 is 10.6 Å². The van der Waals surface area contributed by atoms with Crippen molar-refractivity contribution < 1.29 is 4.79 Å². The van der Waals surface area contributed by atoms with Gasteiger partial charge in [-0.05, 0) is 43.5 Å². The molecule has 0 aliphatic heterocycles. The number of hydrogen-bond acceptors (Lipinski definition) is 3. The van der Waals surface area contributed by atoms with E-state index in [2.05, 4.69) is 10.6 Å². The fraction of sp³-hybridized carbons (Fsp3) is 0.375. The number of hydrogen-bond donors (Lipinski definition) is 2. The molecule has 21 heavy (non-hydrogen) atoms. The van der Waals surface area contributed by atoms with E-state index in [1.54, 1.807) is 6.07 Å². The Kier molecular flexibility index (Phi) is 5.24. The van der Waals surface area contributed by atoms with Crippen LogP contribution in [0.2, 0.25) is 5.02 Å². The van der Waals surface area contributed by atoms with Gasteiger partial charge in [0.2, 0.25) is 0 Å². The molecule has 0 radical (unpaired) electrons. The Morgan fingerprint density at radius 1 is 1.43 bits per heavy atom. The fourth-order valence-electron chi connectivity index (χ4n) is 2.42. The standard InChI is InChI=1S/C16H18ClN3O/c1-11-8-13(17)6-7-15(11)19-10-12(9-18)16(21)20-14-4-2-3-5-14/h6-8,10,14,19H,2-5H2,1H3,(H,20,21)/b12-10-. The Morgan fingerprint density at radius 2 is 2.14 bits per heavy atom. The number of rotatable bonds is 4. The van der Waals surface area contributed by atoms with Gasteiger partial charge < -0.3 is 10.6 Å². The van der Waals surface area contributed by atoms with Crippen LogP contribution in [-0.4, -0.2) is 11.9 Å². The Bertz CT molecular complexity index is 598. The lowest BCUT2D eigenvalue weighted by Crippen LogP contribution is -2.33. The zero-order valence-corrected chi connectivity index (χ0v) is 12.7. The molecule has 0 saturated heterocycles. The summed E-state index contributed by atoms with van der Waals surface area (Å²) in [4.78, 5) is 12.0. The van der Waals surface area contributed by atoms with Gasteiger partial charge in [-0.15, -0.1) is 0 Å². The summed E-state index contributed by atoms with van der Waals surface area (Å²) in [7, 11) is 0. The van der Waals surface area contributed by atoms with Gasteiger partial charge in [0.25, 0.3) is 5.91 Å². The van der Waals surface area contributed by atoms with E-state index in [9.17, 15) is 4.79 Å². The van der Waals surface area contributed by atoms with Crippen molar-refractivity contribution in [3.63, 3.8) is 0 Å². The van der Waals surface area contributed by atoms with Gasteiger partial charge in [-0.25, -0.2) is 0 Å². The first-order valence-electron chi connectivity index (χ1n) is 7.04. The van der Waals surface area contributed by atoms with Crippen LogP contribution in [0.25, 0.3) is 0 Å². The molecule has 0 aromatic heterocycles. The van der Waals surface area contributed by atoms with E-state index in [1.165, 1.54) is 6.20 Å². The number of benzene rings is 1. The highest BCUT2D eigenvalue weighted by atomic mass is 35.5. The van der Waals surface area contributed by atoms with E-state index in [0.29, 0.717) is 5.02 Å². The number of halogens is 1. The summed E-state index contributed by atoms with van der Waals surface area (Å²) in [5, 5.41) is 15.7. The maximum atomic E-state index is 12.0. The van der Waals surface area contributed by atoms with Gasteiger partial charge in [-0.1, -0.05) is 24.4 Å². The van der Waals surface area contributed by atoms with E-state index in [1.807, 2.05) is 25.1 Å². The summed E-state index contributed by atoms with van der Waals surface area (Å²) in [6, 6.07) is 7.54. The smallest absolute Gasteiger partial charge is 0.263 e. The molecule has 2 rings (SSSR count). The highest BCUT2D eigenvalue weighted by Gasteiger charge is 2.19. The zero-order chi connectivity index (χ0) is 15.2. The van der Waals surface area contributed by atoms with Gasteiger partial charge in [-0.2, -0.15) is 5.26 Å². The average molecular weight is 304 g/mol. The fourth-order valence-corrected chi connectivity index (χ4v) is 2.65. The van der Waals surface area contributed by atoms with Crippen molar-refractivity contribution in [3.05, 3.63) is 40.6 Å². The summed E-state index contributed by atoms with van der Waals surface area (Å²) in [5.41, 5.74) is 1.85. The first-order valence-corrected chi connectivity index (χ1v) is 7.42. The average Bonchev–Trinajstić information content (AvgIpc) is 2.94. The second kappa shape index (κ2) is 7.14. The van der Waals surface area contributed by atoms with Gasteiger partial charge in [0.15, 0.2) is 0 Å². The lowest BCUT2D eigenvalue weighted by molar-refractivity contribution is -0.117. The SMILES string of the molecule is Cc1cc(Cl)ccc1N/C=C(/C#N)C(=O)NC1CCCC1. The van der Waals surface area contributed by atoms with Crippen LogP contribution >= 0.6 is 11.6 Å². The van der Waals surface area contributed by atoms with Crippen molar-refractivity contribution in [2.24, 2.45) is 0 Å². The van der Waals surface area contributed by atoms with Crippen LogP contribution in [0.1, 0.15) is 31.2 Å². The third-order valence-electron chi connectivity index (χ3n) is 3.62. The molecule has 2 N–H and O–H groups in total. The van der Waals surface area contributed by atoms with E-state index in [4.69, 9.17) is 16.9 Å². The molecule has 1 fully saturated rings. The summed E-state index contributed by atoms with van der Waals surface area (Å²) in [5.74, 6) is -0.316. The van der Waals surface area contributed by atoms with Crippen LogP contribution in [0.5, 0.6) is 0 Å².